The Kier molecular flexibility index (Phi) is 9.29. The highest BCUT2D eigenvalue weighted by Crippen LogP contribution is 2.09. The summed E-state index contributed by atoms with van der Waals surface area (Å²) >= 11 is 0. The maximum atomic E-state index is 9.33. The number of nitrogens with zero attached hydrogens (tertiary/aromatic N) is 1. The lowest BCUT2D eigenvalue weighted by molar-refractivity contribution is 0.280. The third kappa shape index (κ3) is 7.14. The minimum Gasteiger partial charge on any atom is -0.392 e. The van der Waals surface area contributed by atoms with Gasteiger partial charge in [-0.3, -0.25) is 0 Å². The van der Waals surface area contributed by atoms with Crippen LogP contribution in [0.4, 0.5) is 0 Å². The Morgan fingerprint density at radius 3 is 2.48 bits per heavy atom. The first-order chi connectivity index (χ1) is 10.3. The highest BCUT2D eigenvalue weighted by Gasteiger charge is 2.01. The van der Waals surface area contributed by atoms with E-state index in [2.05, 4.69) is 29.5 Å². The van der Waals surface area contributed by atoms with E-state index in [9.17, 15) is 5.11 Å². The van der Waals surface area contributed by atoms with Crippen LogP contribution in [0, 0.1) is 0 Å². The van der Waals surface area contributed by atoms with Crippen molar-refractivity contribution in [2.45, 2.75) is 52.7 Å². The second kappa shape index (κ2) is 11.1. The molecule has 0 heterocycles. The number of hydrogen-bond acceptors (Lipinski definition) is 2. The van der Waals surface area contributed by atoms with Gasteiger partial charge in [0.2, 0.25) is 0 Å². The fourth-order valence-electron chi connectivity index (χ4n) is 2.13. The molecule has 0 aliphatic rings. The summed E-state index contributed by atoms with van der Waals surface area (Å²) in [5, 5.41) is 16.0. The molecular formula is C17H29N3O. The van der Waals surface area contributed by atoms with Crippen LogP contribution in [-0.4, -0.2) is 24.2 Å². The van der Waals surface area contributed by atoms with Gasteiger partial charge in [0.15, 0.2) is 5.96 Å². The van der Waals surface area contributed by atoms with Crippen LogP contribution >= 0.6 is 0 Å². The molecule has 0 saturated heterocycles. The average molecular weight is 291 g/mol. The van der Waals surface area contributed by atoms with Gasteiger partial charge in [-0.15, -0.1) is 0 Å². The molecule has 1 aromatic carbocycles. The predicted molar refractivity (Wildman–Crippen MR) is 89.3 cm³/mol. The van der Waals surface area contributed by atoms with Crippen molar-refractivity contribution in [3.8, 4) is 0 Å². The van der Waals surface area contributed by atoms with Crippen LogP contribution in [0.3, 0.4) is 0 Å². The van der Waals surface area contributed by atoms with Gasteiger partial charge < -0.3 is 15.7 Å². The quantitative estimate of drug-likeness (QED) is 0.372. The summed E-state index contributed by atoms with van der Waals surface area (Å²) in [6.07, 6.45) is 4.98. The lowest BCUT2D eigenvalue weighted by atomic mass is 10.1. The van der Waals surface area contributed by atoms with Gasteiger partial charge in [-0.1, -0.05) is 50.5 Å². The van der Waals surface area contributed by atoms with Crippen LogP contribution in [-0.2, 0) is 13.2 Å². The minimum absolute atomic E-state index is 0.0622. The van der Waals surface area contributed by atoms with Gasteiger partial charge in [-0.05, 0) is 24.5 Å². The highest BCUT2D eigenvalue weighted by molar-refractivity contribution is 5.79. The molecule has 21 heavy (non-hydrogen) atoms. The number of benzene rings is 1. The molecule has 0 amide bonds. The lowest BCUT2D eigenvalue weighted by Gasteiger charge is -2.12. The third-order valence-electron chi connectivity index (χ3n) is 3.36. The Labute approximate surface area is 128 Å². The standard InChI is InChI=1S/C17H29N3O/c1-3-5-6-9-12-19-17(18-4-2)20-13-15-10-7-8-11-16(15)14-21/h7-8,10-11,21H,3-6,9,12-14H2,1-2H3,(H2,18,19,20). The molecule has 0 saturated carbocycles. The zero-order valence-electron chi connectivity index (χ0n) is 13.4. The molecule has 3 N–H and O–H groups in total. The zero-order chi connectivity index (χ0) is 15.3. The predicted octanol–water partition coefficient (Wildman–Crippen LogP) is 2.81. The van der Waals surface area contributed by atoms with E-state index < -0.39 is 0 Å². The topological polar surface area (TPSA) is 56.7 Å². The van der Waals surface area contributed by atoms with Gasteiger partial charge in [0.25, 0.3) is 0 Å². The molecule has 0 aromatic heterocycles. The molecule has 0 radical (unpaired) electrons. The van der Waals surface area contributed by atoms with E-state index in [1.54, 1.807) is 0 Å². The fourth-order valence-corrected chi connectivity index (χ4v) is 2.13. The molecule has 118 valence electrons. The highest BCUT2D eigenvalue weighted by atomic mass is 16.3. The van der Waals surface area contributed by atoms with E-state index in [-0.39, 0.29) is 6.61 Å². The number of aliphatic imine (C=N–C) groups is 1. The van der Waals surface area contributed by atoms with E-state index in [4.69, 9.17) is 0 Å². The van der Waals surface area contributed by atoms with Gasteiger partial charge >= 0.3 is 0 Å². The summed E-state index contributed by atoms with van der Waals surface area (Å²) in [6, 6.07) is 7.88. The van der Waals surface area contributed by atoms with E-state index in [1.807, 2.05) is 24.3 Å². The maximum Gasteiger partial charge on any atom is 0.191 e. The molecule has 0 spiro atoms. The number of rotatable bonds is 9. The van der Waals surface area contributed by atoms with Gasteiger partial charge in [0.1, 0.15) is 0 Å². The van der Waals surface area contributed by atoms with Gasteiger partial charge in [0, 0.05) is 13.1 Å². The molecule has 0 bridgehead atoms. The maximum absolute atomic E-state index is 9.33. The molecular weight excluding hydrogens is 262 g/mol. The Bertz CT molecular complexity index is 418. The zero-order valence-corrected chi connectivity index (χ0v) is 13.4. The second-order valence-corrected chi connectivity index (χ2v) is 5.11. The Morgan fingerprint density at radius 2 is 1.81 bits per heavy atom. The lowest BCUT2D eigenvalue weighted by Crippen LogP contribution is -2.37. The summed E-state index contributed by atoms with van der Waals surface area (Å²) in [7, 11) is 0. The van der Waals surface area contributed by atoms with Crippen molar-refractivity contribution in [3.63, 3.8) is 0 Å². The first-order valence-electron chi connectivity index (χ1n) is 8.01. The number of aliphatic hydroxyl groups is 1. The SMILES string of the molecule is CCCCCCNC(=NCc1ccccc1CO)NCC. The molecule has 4 nitrogen and oxygen atoms in total. The molecule has 1 rings (SSSR count). The third-order valence-corrected chi connectivity index (χ3v) is 3.36. The Balaban J connectivity index is 2.50. The molecule has 0 atom stereocenters. The summed E-state index contributed by atoms with van der Waals surface area (Å²) in [5.41, 5.74) is 2.02. The van der Waals surface area contributed by atoms with E-state index in [1.165, 1.54) is 25.7 Å². The Morgan fingerprint density at radius 1 is 1.05 bits per heavy atom. The molecule has 0 fully saturated rings. The fraction of sp³-hybridized carbons (Fsp3) is 0.588. The normalized spacial score (nSPS) is 11.5. The van der Waals surface area contributed by atoms with Crippen LogP contribution in [0.25, 0.3) is 0 Å². The van der Waals surface area contributed by atoms with Crippen molar-refractivity contribution in [3.05, 3.63) is 35.4 Å². The first kappa shape index (κ1) is 17.5. The van der Waals surface area contributed by atoms with Crippen molar-refractivity contribution < 1.29 is 5.11 Å². The average Bonchev–Trinajstić information content (AvgIpc) is 2.52. The number of guanidine groups is 1. The number of hydrogen-bond donors (Lipinski definition) is 3. The van der Waals surface area contributed by atoms with Crippen LogP contribution < -0.4 is 10.6 Å². The van der Waals surface area contributed by atoms with Crippen LogP contribution in [0.5, 0.6) is 0 Å². The second-order valence-electron chi connectivity index (χ2n) is 5.11. The summed E-state index contributed by atoms with van der Waals surface area (Å²) < 4.78 is 0. The van der Waals surface area contributed by atoms with Gasteiger partial charge in [-0.25, -0.2) is 4.99 Å². The van der Waals surface area contributed by atoms with Crippen molar-refractivity contribution in [1.29, 1.82) is 0 Å². The molecule has 0 aliphatic heterocycles. The van der Waals surface area contributed by atoms with Crippen LogP contribution in [0.15, 0.2) is 29.3 Å². The Hall–Kier alpha value is -1.55. The molecule has 1 aromatic rings. The van der Waals surface area contributed by atoms with Crippen LogP contribution in [0.1, 0.15) is 50.7 Å². The smallest absolute Gasteiger partial charge is 0.191 e. The first-order valence-corrected chi connectivity index (χ1v) is 8.01. The van der Waals surface area contributed by atoms with E-state index >= 15 is 0 Å². The van der Waals surface area contributed by atoms with Crippen LogP contribution in [0.2, 0.25) is 0 Å². The largest absolute Gasteiger partial charge is 0.392 e. The van der Waals surface area contributed by atoms with Crippen molar-refractivity contribution in [1.82, 2.24) is 10.6 Å². The van der Waals surface area contributed by atoms with Crippen molar-refractivity contribution in [2.24, 2.45) is 4.99 Å². The molecule has 0 unspecified atom stereocenters. The molecule has 4 heteroatoms. The van der Waals surface area contributed by atoms with Gasteiger partial charge in [0.05, 0.1) is 13.2 Å². The minimum atomic E-state index is 0.0622. The van der Waals surface area contributed by atoms with Crippen molar-refractivity contribution in [2.75, 3.05) is 13.1 Å². The van der Waals surface area contributed by atoms with Gasteiger partial charge in [-0.2, -0.15) is 0 Å². The number of unbranched alkanes of at least 4 members (excludes halogenated alkanes) is 3. The van der Waals surface area contributed by atoms with E-state index in [0.29, 0.717) is 6.54 Å². The van der Waals surface area contributed by atoms with E-state index in [0.717, 1.165) is 30.2 Å². The monoisotopic (exact) mass is 291 g/mol. The summed E-state index contributed by atoms with van der Waals surface area (Å²) in [5.74, 6) is 0.849. The number of aliphatic hydroxyl groups excluding tert-OH is 1. The van der Waals surface area contributed by atoms with Crippen molar-refractivity contribution >= 4 is 5.96 Å². The molecule has 0 aliphatic carbocycles. The number of nitrogens with one attached hydrogen (secondary N) is 2. The summed E-state index contributed by atoms with van der Waals surface area (Å²) in [6.45, 7) is 6.73. The summed E-state index contributed by atoms with van der Waals surface area (Å²) in [4.78, 5) is 4.59.